The standard InChI is InChI=1S/C7H16N2O.C2HF3O2/c1-3-4-7(10)9-6-5-8-2;3-2(4,5)1(6)7/h8H,3-6H2,1-2H3,(H,9,10);(H,6,7). The molecule has 0 radical (unpaired) electrons. The summed E-state index contributed by atoms with van der Waals surface area (Å²) in [6.07, 6.45) is -3.52. The van der Waals surface area contributed by atoms with Crippen LogP contribution in [0.25, 0.3) is 0 Å². The third-order valence-electron chi connectivity index (χ3n) is 1.42. The first-order valence-electron chi connectivity index (χ1n) is 4.97. The second-order valence-corrected chi connectivity index (χ2v) is 3.01. The van der Waals surface area contributed by atoms with Gasteiger partial charge in [-0.05, 0) is 13.5 Å². The van der Waals surface area contributed by atoms with Crippen LogP contribution in [0.4, 0.5) is 13.2 Å². The van der Waals surface area contributed by atoms with Crippen molar-refractivity contribution in [1.29, 1.82) is 0 Å². The topological polar surface area (TPSA) is 78.4 Å². The van der Waals surface area contributed by atoms with E-state index >= 15 is 0 Å². The summed E-state index contributed by atoms with van der Waals surface area (Å²) in [4.78, 5) is 19.7. The van der Waals surface area contributed by atoms with Crippen LogP contribution in [0, 0.1) is 0 Å². The molecule has 0 aliphatic carbocycles. The van der Waals surface area contributed by atoms with E-state index in [1.165, 1.54) is 0 Å². The maximum atomic E-state index is 10.8. The van der Waals surface area contributed by atoms with Crippen LogP contribution < -0.4 is 10.6 Å². The number of carbonyl (C=O) groups is 2. The summed E-state index contributed by atoms with van der Waals surface area (Å²) < 4.78 is 31.7. The molecule has 17 heavy (non-hydrogen) atoms. The van der Waals surface area contributed by atoms with Gasteiger partial charge >= 0.3 is 12.1 Å². The number of hydrogen-bond donors (Lipinski definition) is 3. The first-order chi connectivity index (χ1) is 7.75. The molecule has 0 saturated carbocycles. The Morgan fingerprint density at radius 1 is 1.24 bits per heavy atom. The molecule has 3 N–H and O–H groups in total. The van der Waals surface area contributed by atoms with Crippen LogP contribution in [0.15, 0.2) is 0 Å². The van der Waals surface area contributed by atoms with Gasteiger partial charge in [-0.3, -0.25) is 4.79 Å². The van der Waals surface area contributed by atoms with Crippen molar-refractivity contribution in [2.45, 2.75) is 25.9 Å². The Morgan fingerprint density at radius 2 is 1.71 bits per heavy atom. The lowest BCUT2D eigenvalue weighted by molar-refractivity contribution is -0.192. The van der Waals surface area contributed by atoms with Crippen molar-refractivity contribution in [3.05, 3.63) is 0 Å². The molecule has 0 rings (SSSR count). The fourth-order valence-corrected chi connectivity index (χ4v) is 0.642. The van der Waals surface area contributed by atoms with E-state index in [-0.39, 0.29) is 5.91 Å². The molecular formula is C9H17F3N2O3. The van der Waals surface area contributed by atoms with Gasteiger partial charge in [0.25, 0.3) is 0 Å². The number of aliphatic carboxylic acids is 1. The summed E-state index contributed by atoms with van der Waals surface area (Å²) in [6.45, 7) is 3.57. The SMILES string of the molecule is CCCC(=O)NCCNC.O=C(O)C(F)(F)F. The van der Waals surface area contributed by atoms with E-state index in [4.69, 9.17) is 9.90 Å². The minimum Gasteiger partial charge on any atom is -0.475 e. The largest absolute Gasteiger partial charge is 0.490 e. The molecule has 0 atom stereocenters. The summed E-state index contributed by atoms with van der Waals surface area (Å²) in [7, 11) is 1.87. The molecule has 0 bridgehead atoms. The number of carboxylic acid groups (broad SMARTS) is 1. The number of carboxylic acids is 1. The number of halogens is 3. The van der Waals surface area contributed by atoms with Gasteiger partial charge in [0.1, 0.15) is 0 Å². The minimum atomic E-state index is -5.08. The van der Waals surface area contributed by atoms with Gasteiger partial charge in [0.2, 0.25) is 5.91 Å². The maximum absolute atomic E-state index is 10.8. The van der Waals surface area contributed by atoms with Crippen LogP contribution in [-0.2, 0) is 9.59 Å². The quantitative estimate of drug-likeness (QED) is 0.636. The van der Waals surface area contributed by atoms with E-state index in [1.54, 1.807) is 0 Å². The minimum absolute atomic E-state index is 0.151. The van der Waals surface area contributed by atoms with Crippen LogP contribution >= 0.6 is 0 Å². The summed E-state index contributed by atoms with van der Waals surface area (Å²) in [6, 6.07) is 0. The zero-order valence-corrected chi connectivity index (χ0v) is 9.73. The van der Waals surface area contributed by atoms with Crippen molar-refractivity contribution < 1.29 is 27.9 Å². The molecule has 0 saturated heterocycles. The van der Waals surface area contributed by atoms with Crippen molar-refractivity contribution in [3.8, 4) is 0 Å². The van der Waals surface area contributed by atoms with Gasteiger partial charge < -0.3 is 15.7 Å². The zero-order valence-electron chi connectivity index (χ0n) is 9.73. The Hall–Kier alpha value is -1.31. The van der Waals surface area contributed by atoms with Crippen LogP contribution in [0.3, 0.4) is 0 Å². The molecule has 0 aliphatic heterocycles. The highest BCUT2D eigenvalue weighted by molar-refractivity contribution is 5.75. The van der Waals surface area contributed by atoms with E-state index in [2.05, 4.69) is 10.6 Å². The molecule has 0 aromatic heterocycles. The molecule has 0 spiro atoms. The van der Waals surface area contributed by atoms with Crippen LogP contribution in [0.5, 0.6) is 0 Å². The lowest BCUT2D eigenvalue weighted by Crippen LogP contribution is -2.29. The first kappa shape index (κ1) is 18.1. The Labute approximate surface area is 97.4 Å². The van der Waals surface area contributed by atoms with Crippen molar-refractivity contribution in [2.24, 2.45) is 0 Å². The van der Waals surface area contributed by atoms with Gasteiger partial charge in [-0.1, -0.05) is 6.92 Å². The first-order valence-corrected chi connectivity index (χ1v) is 4.97. The van der Waals surface area contributed by atoms with E-state index in [9.17, 15) is 18.0 Å². The Balaban J connectivity index is 0. The molecule has 0 aromatic carbocycles. The molecule has 0 aromatic rings. The third-order valence-corrected chi connectivity index (χ3v) is 1.42. The molecule has 0 aliphatic rings. The number of alkyl halides is 3. The van der Waals surface area contributed by atoms with Gasteiger partial charge in [0.15, 0.2) is 0 Å². The highest BCUT2D eigenvalue weighted by Crippen LogP contribution is 2.13. The second-order valence-electron chi connectivity index (χ2n) is 3.01. The maximum Gasteiger partial charge on any atom is 0.490 e. The molecule has 102 valence electrons. The van der Waals surface area contributed by atoms with Gasteiger partial charge in [-0.2, -0.15) is 13.2 Å². The molecule has 5 nitrogen and oxygen atoms in total. The van der Waals surface area contributed by atoms with E-state index < -0.39 is 12.1 Å². The Bertz CT molecular complexity index is 232. The molecule has 0 unspecified atom stereocenters. The highest BCUT2D eigenvalue weighted by atomic mass is 19.4. The molecule has 8 heteroatoms. The summed E-state index contributed by atoms with van der Waals surface area (Å²) in [5.74, 6) is -2.61. The van der Waals surface area contributed by atoms with Crippen LogP contribution in [-0.4, -0.2) is 43.3 Å². The number of likely N-dealkylation sites (N-methyl/N-ethyl adjacent to an activating group) is 1. The van der Waals surface area contributed by atoms with Crippen LogP contribution in [0.1, 0.15) is 19.8 Å². The number of carbonyl (C=O) groups excluding carboxylic acids is 1. The fourth-order valence-electron chi connectivity index (χ4n) is 0.642. The van der Waals surface area contributed by atoms with E-state index in [0.717, 1.165) is 19.5 Å². The summed E-state index contributed by atoms with van der Waals surface area (Å²) >= 11 is 0. The predicted octanol–water partition coefficient (Wildman–Crippen LogP) is 0.755. The summed E-state index contributed by atoms with van der Waals surface area (Å²) in [5, 5.41) is 12.9. The lowest BCUT2D eigenvalue weighted by atomic mass is 10.3. The Morgan fingerprint density at radius 3 is 2.00 bits per heavy atom. The van der Waals surface area contributed by atoms with Crippen molar-refractivity contribution in [3.63, 3.8) is 0 Å². The summed E-state index contributed by atoms with van der Waals surface area (Å²) in [5.41, 5.74) is 0. The van der Waals surface area contributed by atoms with E-state index in [0.29, 0.717) is 6.42 Å². The number of amides is 1. The van der Waals surface area contributed by atoms with Gasteiger partial charge in [0.05, 0.1) is 0 Å². The van der Waals surface area contributed by atoms with Crippen LogP contribution in [0.2, 0.25) is 0 Å². The third kappa shape index (κ3) is 14.7. The fraction of sp³-hybridized carbons (Fsp3) is 0.778. The van der Waals surface area contributed by atoms with Gasteiger partial charge in [-0.15, -0.1) is 0 Å². The van der Waals surface area contributed by atoms with Crippen molar-refractivity contribution >= 4 is 11.9 Å². The lowest BCUT2D eigenvalue weighted by Gasteiger charge is -2.01. The molecule has 0 heterocycles. The average molecular weight is 258 g/mol. The van der Waals surface area contributed by atoms with Crippen molar-refractivity contribution in [1.82, 2.24) is 10.6 Å². The highest BCUT2D eigenvalue weighted by Gasteiger charge is 2.38. The normalized spacial score (nSPS) is 10.2. The van der Waals surface area contributed by atoms with Gasteiger partial charge in [0, 0.05) is 19.5 Å². The Kier molecular flexibility index (Phi) is 10.5. The second kappa shape index (κ2) is 9.88. The van der Waals surface area contributed by atoms with Crippen molar-refractivity contribution in [2.75, 3.05) is 20.1 Å². The smallest absolute Gasteiger partial charge is 0.475 e. The monoisotopic (exact) mass is 258 g/mol. The molecule has 1 amide bonds. The zero-order chi connectivity index (χ0) is 13.9. The number of nitrogens with one attached hydrogen (secondary N) is 2. The molecule has 0 fully saturated rings. The average Bonchev–Trinajstić information content (AvgIpc) is 2.18. The van der Waals surface area contributed by atoms with E-state index in [1.807, 2.05) is 14.0 Å². The number of rotatable bonds is 5. The molecular weight excluding hydrogens is 241 g/mol. The number of hydrogen-bond acceptors (Lipinski definition) is 3. The predicted molar refractivity (Wildman–Crippen MR) is 55.5 cm³/mol. The van der Waals surface area contributed by atoms with Gasteiger partial charge in [-0.25, -0.2) is 4.79 Å².